The Morgan fingerprint density at radius 1 is 1.08 bits per heavy atom. The van der Waals surface area contributed by atoms with Gasteiger partial charge in [-0.1, -0.05) is 19.1 Å². The van der Waals surface area contributed by atoms with Crippen LogP contribution in [0, 0.1) is 0 Å². The second-order valence-electron chi connectivity index (χ2n) is 10.3. The molecule has 0 saturated carbocycles. The fourth-order valence-electron chi connectivity index (χ4n) is 5.86. The van der Waals surface area contributed by atoms with Crippen LogP contribution in [0.5, 0.6) is 11.5 Å². The maximum absolute atomic E-state index is 14.0. The quantitative estimate of drug-likeness (QED) is 0.462. The third-order valence-corrected chi connectivity index (χ3v) is 7.97. The standard InChI is InChI=1S/C29H33F3N2O5/c1-3-27(35)34-12-10-33(11-13-34)16-23-21-7-9-25(22(21)6-8-24(23)29(30,31)32)39-19-4-5-20-18(14-28(36)37-2)17-38-26(20)15-19/h4-6,8,15,18,25H,3,7,9-14,16-17H2,1-2H3/t18?,25-/m1/s1. The van der Waals surface area contributed by atoms with Crippen LogP contribution in [-0.4, -0.2) is 61.6 Å². The summed E-state index contributed by atoms with van der Waals surface area (Å²) in [7, 11) is 1.36. The van der Waals surface area contributed by atoms with Crippen molar-refractivity contribution in [1.82, 2.24) is 9.80 Å². The van der Waals surface area contributed by atoms with Crippen LogP contribution in [-0.2, 0) is 33.5 Å². The normalized spacial score (nSPS) is 20.8. The number of ether oxygens (including phenoxy) is 3. The highest BCUT2D eigenvalue weighted by atomic mass is 19.4. The Bertz CT molecular complexity index is 1240. The molecule has 210 valence electrons. The number of esters is 1. The molecule has 7 nitrogen and oxygen atoms in total. The first-order valence-corrected chi connectivity index (χ1v) is 13.4. The molecule has 1 amide bonds. The van der Waals surface area contributed by atoms with E-state index in [9.17, 15) is 22.8 Å². The Morgan fingerprint density at radius 3 is 2.51 bits per heavy atom. The maximum Gasteiger partial charge on any atom is 0.416 e. The van der Waals surface area contributed by atoms with E-state index in [2.05, 4.69) is 0 Å². The zero-order valence-electron chi connectivity index (χ0n) is 22.2. The van der Waals surface area contributed by atoms with Crippen molar-refractivity contribution in [2.24, 2.45) is 0 Å². The van der Waals surface area contributed by atoms with E-state index in [0.29, 0.717) is 74.7 Å². The minimum atomic E-state index is -4.46. The molecule has 0 aromatic heterocycles. The average Bonchev–Trinajstić information content (AvgIpc) is 3.52. The van der Waals surface area contributed by atoms with Gasteiger partial charge in [-0.25, -0.2) is 0 Å². The van der Waals surface area contributed by atoms with Gasteiger partial charge >= 0.3 is 12.1 Å². The van der Waals surface area contributed by atoms with Gasteiger partial charge in [0.2, 0.25) is 5.91 Å². The van der Waals surface area contributed by atoms with Crippen molar-refractivity contribution in [2.75, 3.05) is 39.9 Å². The number of carbonyl (C=O) groups excluding carboxylic acids is 2. The maximum atomic E-state index is 14.0. The molecule has 2 aromatic carbocycles. The topological polar surface area (TPSA) is 68.3 Å². The molecule has 2 aliphatic heterocycles. The highest BCUT2D eigenvalue weighted by Crippen LogP contribution is 2.44. The van der Waals surface area contributed by atoms with Gasteiger partial charge in [0.05, 0.1) is 25.7 Å². The van der Waals surface area contributed by atoms with Crippen molar-refractivity contribution in [3.63, 3.8) is 0 Å². The minimum Gasteiger partial charge on any atom is -0.492 e. The molecule has 1 unspecified atom stereocenters. The molecule has 2 heterocycles. The van der Waals surface area contributed by atoms with Crippen LogP contribution in [0.25, 0.3) is 0 Å². The number of rotatable bonds is 7. The fraction of sp³-hybridized carbons (Fsp3) is 0.517. The molecule has 2 aromatic rings. The molecule has 0 radical (unpaired) electrons. The lowest BCUT2D eigenvalue weighted by atomic mass is 9.96. The van der Waals surface area contributed by atoms with E-state index in [1.165, 1.54) is 13.2 Å². The van der Waals surface area contributed by atoms with Gasteiger partial charge in [0, 0.05) is 56.7 Å². The van der Waals surface area contributed by atoms with Crippen molar-refractivity contribution in [2.45, 2.75) is 57.3 Å². The number of carbonyl (C=O) groups is 2. The number of methoxy groups -OCH3 is 1. The Balaban J connectivity index is 1.34. The smallest absolute Gasteiger partial charge is 0.416 e. The molecule has 3 aliphatic rings. The number of hydrogen-bond acceptors (Lipinski definition) is 6. The van der Waals surface area contributed by atoms with Crippen molar-refractivity contribution in [3.05, 3.63) is 58.1 Å². The van der Waals surface area contributed by atoms with Crippen molar-refractivity contribution >= 4 is 11.9 Å². The monoisotopic (exact) mass is 546 g/mol. The summed E-state index contributed by atoms with van der Waals surface area (Å²) >= 11 is 0. The second-order valence-corrected chi connectivity index (χ2v) is 10.3. The molecule has 0 bridgehead atoms. The molecule has 2 atom stereocenters. The number of nitrogens with zero attached hydrogens (tertiary/aromatic N) is 2. The number of alkyl halides is 3. The predicted molar refractivity (Wildman–Crippen MR) is 137 cm³/mol. The third kappa shape index (κ3) is 5.71. The van der Waals surface area contributed by atoms with Gasteiger partial charge in [0.25, 0.3) is 0 Å². The SMILES string of the molecule is CCC(=O)N1CCN(Cc2c(C(F)(F)F)ccc3c2CC[C@H]3Oc2ccc3c(c2)OCC3CC(=O)OC)CC1. The molecule has 39 heavy (non-hydrogen) atoms. The molecule has 10 heteroatoms. The predicted octanol–water partition coefficient (Wildman–Crippen LogP) is 4.87. The first-order valence-electron chi connectivity index (χ1n) is 13.4. The van der Waals surface area contributed by atoms with Crippen molar-refractivity contribution in [1.29, 1.82) is 0 Å². The summed E-state index contributed by atoms with van der Waals surface area (Å²) in [5.41, 5.74) is 2.11. The van der Waals surface area contributed by atoms with E-state index >= 15 is 0 Å². The summed E-state index contributed by atoms with van der Waals surface area (Å²) in [5, 5.41) is 0. The molecule has 0 spiro atoms. The molecule has 1 aliphatic carbocycles. The molecule has 5 rings (SSSR count). The summed E-state index contributed by atoms with van der Waals surface area (Å²) in [6.45, 7) is 4.51. The largest absolute Gasteiger partial charge is 0.492 e. The Morgan fingerprint density at radius 2 is 1.82 bits per heavy atom. The van der Waals surface area contributed by atoms with E-state index in [1.54, 1.807) is 17.0 Å². The average molecular weight is 547 g/mol. The number of piperazine rings is 1. The van der Waals surface area contributed by atoms with E-state index < -0.39 is 11.7 Å². The van der Waals surface area contributed by atoms with Crippen LogP contribution in [0.1, 0.15) is 66.0 Å². The van der Waals surface area contributed by atoms with Gasteiger partial charge in [-0.2, -0.15) is 13.2 Å². The second kappa shape index (κ2) is 11.1. The van der Waals surface area contributed by atoms with Gasteiger partial charge in [0.15, 0.2) is 0 Å². The lowest BCUT2D eigenvalue weighted by Gasteiger charge is -2.35. The van der Waals surface area contributed by atoms with E-state index in [4.69, 9.17) is 14.2 Å². The highest BCUT2D eigenvalue weighted by molar-refractivity contribution is 5.75. The van der Waals surface area contributed by atoms with E-state index in [0.717, 1.165) is 11.1 Å². The Hall–Kier alpha value is -3.27. The Labute approximate surface area is 225 Å². The first kappa shape index (κ1) is 27.3. The fourth-order valence-corrected chi connectivity index (χ4v) is 5.86. The third-order valence-electron chi connectivity index (χ3n) is 7.97. The number of fused-ring (bicyclic) bond motifs is 2. The molecule has 1 fully saturated rings. The molecular formula is C29H33F3N2O5. The summed E-state index contributed by atoms with van der Waals surface area (Å²) in [5.74, 6) is 0.905. The van der Waals surface area contributed by atoms with E-state index in [-0.39, 0.29) is 36.9 Å². The first-order chi connectivity index (χ1) is 18.7. The van der Waals surface area contributed by atoms with Crippen LogP contribution in [0.15, 0.2) is 30.3 Å². The van der Waals surface area contributed by atoms with E-state index in [1.807, 2.05) is 24.0 Å². The van der Waals surface area contributed by atoms with Gasteiger partial charge in [-0.15, -0.1) is 0 Å². The van der Waals surface area contributed by atoms with Crippen LogP contribution < -0.4 is 9.47 Å². The van der Waals surface area contributed by atoms with Gasteiger partial charge in [-0.05, 0) is 41.7 Å². The summed E-state index contributed by atoms with van der Waals surface area (Å²) < 4.78 is 59.0. The minimum absolute atomic E-state index is 0.0714. The van der Waals surface area contributed by atoms with Gasteiger partial charge in [-0.3, -0.25) is 14.5 Å². The van der Waals surface area contributed by atoms with Crippen LogP contribution in [0.4, 0.5) is 13.2 Å². The highest BCUT2D eigenvalue weighted by Gasteiger charge is 2.38. The number of hydrogen-bond donors (Lipinski definition) is 0. The van der Waals surface area contributed by atoms with Crippen LogP contribution in [0.3, 0.4) is 0 Å². The zero-order valence-corrected chi connectivity index (χ0v) is 22.2. The lowest BCUT2D eigenvalue weighted by Crippen LogP contribution is -2.48. The zero-order chi connectivity index (χ0) is 27.7. The lowest BCUT2D eigenvalue weighted by molar-refractivity contribution is -0.141. The number of benzene rings is 2. The molecule has 1 saturated heterocycles. The van der Waals surface area contributed by atoms with Crippen LogP contribution in [0.2, 0.25) is 0 Å². The molecule has 0 N–H and O–H groups in total. The van der Waals surface area contributed by atoms with Gasteiger partial charge < -0.3 is 19.1 Å². The summed E-state index contributed by atoms with van der Waals surface area (Å²) in [6.07, 6.45) is -3.10. The Kier molecular flexibility index (Phi) is 7.75. The van der Waals surface area contributed by atoms with Crippen LogP contribution >= 0.6 is 0 Å². The number of halogens is 3. The van der Waals surface area contributed by atoms with Crippen molar-refractivity contribution < 1.29 is 37.0 Å². The number of amides is 1. The van der Waals surface area contributed by atoms with Gasteiger partial charge in [0.1, 0.15) is 17.6 Å². The summed E-state index contributed by atoms with van der Waals surface area (Å²) in [6, 6.07) is 8.20. The summed E-state index contributed by atoms with van der Waals surface area (Å²) in [4.78, 5) is 27.5. The molecular weight excluding hydrogens is 513 g/mol. The van der Waals surface area contributed by atoms with Crippen molar-refractivity contribution in [3.8, 4) is 11.5 Å².